The molecule has 6 nitrogen and oxygen atoms in total. The van der Waals surface area contributed by atoms with E-state index in [1.807, 2.05) is 30.2 Å². The van der Waals surface area contributed by atoms with E-state index in [1.54, 1.807) is 0 Å². The van der Waals surface area contributed by atoms with Crippen LogP contribution >= 0.6 is 0 Å². The Balaban J connectivity index is 1.49. The number of rotatable bonds is 3. The zero-order valence-electron chi connectivity index (χ0n) is 13.9. The molecule has 0 unspecified atom stereocenters. The third-order valence-corrected chi connectivity index (χ3v) is 4.95. The summed E-state index contributed by atoms with van der Waals surface area (Å²) in [6.07, 6.45) is 2.86. The maximum Gasteiger partial charge on any atom is 0.317 e. The molecule has 0 saturated carbocycles. The maximum absolute atomic E-state index is 12.4. The smallest absolute Gasteiger partial charge is 0.317 e. The molecule has 0 aromatic carbocycles. The highest BCUT2D eigenvalue weighted by molar-refractivity contribution is 5.74. The highest BCUT2D eigenvalue weighted by atomic mass is 16.5. The molecule has 1 aromatic rings. The van der Waals surface area contributed by atoms with Gasteiger partial charge in [-0.25, -0.2) is 4.79 Å². The molecule has 2 aliphatic heterocycles. The van der Waals surface area contributed by atoms with Crippen molar-refractivity contribution in [2.75, 3.05) is 32.8 Å². The van der Waals surface area contributed by atoms with Crippen molar-refractivity contribution in [1.82, 2.24) is 20.1 Å². The van der Waals surface area contributed by atoms with Gasteiger partial charge in [-0.15, -0.1) is 0 Å². The molecule has 23 heavy (non-hydrogen) atoms. The van der Waals surface area contributed by atoms with Crippen molar-refractivity contribution in [2.45, 2.75) is 38.5 Å². The van der Waals surface area contributed by atoms with Gasteiger partial charge in [0.05, 0.1) is 17.8 Å². The molecule has 2 saturated heterocycles. The molecule has 6 heteroatoms. The van der Waals surface area contributed by atoms with E-state index in [0.717, 1.165) is 44.9 Å². The van der Waals surface area contributed by atoms with Crippen molar-refractivity contribution in [1.29, 1.82) is 0 Å². The molecule has 2 fully saturated rings. The summed E-state index contributed by atoms with van der Waals surface area (Å²) in [5, 5.41) is 3.11. The Morgan fingerprint density at radius 2 is 2.13 bits per heavy atom. The van der Waals surface area contributed by atoms with Crippen LogP contribution in [-0.2, 0) is 4.74 Å². The van der Waals surface area contributed by atoms with Crippen LogP contribution in [0.4, 0.5) is 4.79 Å². The molecular formula is C17H26N4O2. The monoisotopic (exact) mass is 318 g/mol. The molecule has 0 radical (unpaired) electrons. The van der Waals surface area contributed by atoms with E-state index in [2.05, 4.69) is 28.2 Å². The van der Waals surface area contributed by atoms with Gasteiger partial charge in [0.25, 0.3) is 0 Å². The average Bonchev–Trinajstić information content (AvgIpc) is 3.00. The number of amides is 2. The van der Waals surface area contributed by atoms with Crippen molar-refractivity contribution < 1.29 is 9.53 Å². The van der Waals surface area contributed by atoms with Gasteiger partial charge < -0.3 is 15.0 Å². The molecular weight excluding hydrogens is 292 g/mol. The van der Waals surface area contributed by atoms with E-state index in [4.69, 9.17) is 4.74 Å². The van der Waals surface area contributed by atoms with Crippen molar-refractivity contribution in [3.63, 3.8) is 0 Å². The first-order chi connectivity index (χ1) is 11.1. The van der Waals surface area contributed by atoms with Crippen molar-refractivity contribution in [3.8, 4) is 0 Å². The molecule has 126 valence electrons. The quantitative estimate of drug-likeness (QED) is 0.921. The number of aromatic nitrogens is 1. The second-order valence-corrected chi connectivity index (χ2v) is 6.37. The Bertz CT molecular complexity index is 517. The number of ether oxygens (including phenoxy) is 1. The number of urea groups is 1. The summed E-state index contributed by atoms with van der Waals surface area (Å²) in [5.41, 5.74) is 1.09. The molecule has 1 aromatic heterocycles. The van der Waals surface area contributed by atoms with Crippen LogP contribution in [0.5, 0.6) is 0 Å². The minimum Gasteiger partial charge on any atom is -0.376 e. The second kappa shape index (κ2) is 7.27. The lowest BCUT2D eigenvalue weighted by Gasteiger charge is -2.38. The molecule has 2 aliphatic rings. The normalized spacial score (nSPS) is 27.0. The summed E-state index contributed by atoms with van der Waals surface area (Å²) in [5.74, 6) is 0. The average molecular weight is 318 g/mol. The Hall–Kier alpha value is -1.66. The summed E-state index contributed by atoms with van der Waals surface area (Å²) < 4.78 is 5.50. The number of hydrogen-bond donors (Lipinski definition) is 1. The minimum absolute atomic E-state index is 0.0393. The lowest BCUT2D eigenvalue weighted by molar-refractivity contribution is 0.0997. The van der Waals surface area contributed by atoms with Gasteiger partial charge in [0.2, 0.25) is 0 Å². The van der Waals surface area contributed by atoms with Gasteiger partial charge in [-0.2, -0.15) is 0 Å². The van der Waals surface area contributed by atoms with E-state index in [0.29, 0.717) is 0 Å². The van der Waals surface area contributed by atoms with Crippen LogP contribution in [0.15, 0.2) is 24.4 Å². The number of piperazine rings is 1. The predicted octanol–water partition coefficient (Wildman–Crippen LogP) is 1.65. The second-order valence-electron chi connectivity index (χ2n) is 6.37. The summed E-state index contributed by atoms with van der Waals surface area (Å²) in [6, 6.07) is 6.49. The highest BCUT2D eigenvalue weighted by Crippen LogP contribution is 2.20. The van der Waals surface area contributed by atoms with Crippen LogP contribution in [0.1, 0.15) is 32.0 Å². The highest BCUT2D eigenvalue weighted by Gasteiger charge is 2.29. The van der Waals surface area contributed by atoms with Crippen molar-refractivity contribution >= 4 is 6.03 Å². The molecule has 2 amide bonds. The summed E-state index contributed by atoms with van der Waals surface area (Å²) in [4.78, 5) is 21.1. The molecule has 3 atom stereocenters. The molecule has 3 heterocycles. The number of nitrogens with one attached hydrogen (secondary N) is 1. The van der Waals surface area contributed by atoms with Gasteiger partial charge >= 0.3 is 6.03 Å². The molecule has 1 N–H and O–H groups in total. The van der Waals surface area contributed by atoms with Crippen molar-refractivity contribution in [3.05, 3.63) is 30.1 Å². The fourth-order valence-corrected chi connectivity index (χ4v) is 3.29. The van der Waals surface area contributed by atoms with Crippen LogP contribution in [0.25, 0.3) is 0 Å². The van der Waals surface area contributed by atoms with Crippen LogP contribution < -0.4 is 5.32 Å². The SMILES string of the molecule is C[C@@H]1OCC[C@H]1NC(=O)N1CCN([C@H](C)c2ccccn2)CC1. The fourth-order valence-electron chi connectivity index (χ4n) is 3.29. The summed E-state index contributed by atoms with van der Waals surface area (Å²) in [6.45, 7) is 8.20. The van der Waals surface area contributed by atoms with E-state index >= 15 is 0 Å². The fraction of sp³-hybridized carbons (Fsp3) is 0.647. The summed E-state index contributed by atoms with van der Waals surface area (Å²) >= 11 is 0. The van der Waals surface area contributed by atoms with E-state index in [9.17, 15) is 4.79 Å². The lowest BCUT2D eigenvalue weighted by atomic mass is 10.1. The standard InChI is InChI=1S/C17H26N4O2/c1-13(15-5-3-4-7-18-15)20-8-10-21(11-9-20)17(22)19-16-6-12-23-14(16)2/h3-5,7,13-14,16H,6,8-12H2,1-2H3,(H,19,22)/t13-,14+,16-/m1/s1. The van der Waals surface area contributed by atoms with Crippen LogP contribution in [0, 0.1) is 0 Å². The molecule has 0 spiro atoms. The number of carbonyl (C=O) groups is 1. The van der Waals surface area contributed by atoms with Gasteiger partial charge in [0.1, 0.15) is 0 Å². The lowest BCUT2D eigenvalue weighted by Crippen LogP contribution is -2.54. The number of hydrogen-bond acceptors (Lipinski definition) is 4. The zero-order chi connectivity index (χ0) is 16.2. The molecule has 0 aliphatic carbocycles. The largest absolute Gasteiger partial charge is 0.376 e. The van der Waals surface area contributed by atoms with Crippen LogP contribution in [0.3, 0.4) is 0 Å². The minimum atomic E-state index is 0.0393. The van der Waals surface area contributed by atoms with Gasteiger partial charge in [-0.1, -0.05) is 6.07 Å². The van der Waals surface area contributed by atoms with Gasteiger partial charge in [-0.05, 0) is 32.4 Å². The van der Waals surface area contributed by atoms with Gasteiger partial charge in [0, 0.05) is 45.0 Å². The number of pyridine rings is 1. The molecule has 0 bridgehead atoms. The third-order valence-electron chi connectivity index (χ3n) is 4.95. The van der Waals surface area contributed by atoms with E-state index in [-0.39, 0.29) is 24.2 Å². The van der Waals surface area contributed by atoms with E-state index in [1.165, 1.54) is 0 Å². The topological polar surface area (TPSA) is 57.7 Å². The van der Waals surface area contributed by atoms with E-state index < -0.39 is 0 Å². The third kappa shape index (κ3) is 3.82. The number of carbonyl (C=O) groups excluding carboxylic acids is 1. The first-order valence-corrected chi connectivity index (χ1v) is 8.47. The maximum atomic E-state index is 12.4. The zero-order valence-corrected chi connectivity index (χ0v) is 13.9. The Kier molecular flexibility index (Phi) is 5.13. The predicted molar refractivity (Wildman–Crippen MR) is 88.1 cm³/mol. The van der Waals surface area contributed by atoms with Crippen LogP contribution in [0.2, 0.25) is 0 Å². The molecule has 3 rings (SSSR count). The Morgan fingerprint density at radius 1 is 1.35 bits per heavy atom. The van der Waals surface area contributed by atoms with Gasteiger partial charge in [0.15, 0.2) is 0 Å². The van der Waals surface area contributed by atoms with Crippen molar-refractivity contribution in [2.24, 2.45) is 0 Å². The van der Waals surface area contributed by atoms with Crippen LogP contribution in [-0.4, -0.2) is 65.7 Å². The first-order valence-electron chi connectivity index (χ1n) is 8.47. The van der Waals surface area contributed by atoms with Gasteiger partial charge in [-0.3, -0.25) is 9.88 Å². The first kappa shape index (κ1) is 16.2. The Labute approximate surface area is 137 Å². The summed E-state index contributed by atoms with van der Waals surface area (Å²) in [7, 11) is 0. The Morgan fingerprint density at radius 3 is 2.74 bits per heavy atom. The number of nitrogens with zero attached hydrogens (tertiary/aromatic N) is 3.